The number of rotatable bonds is 10. The minimum Gasteiger partial charge on any atom is -0.297 e. The molecule has 42 heavy (non-hydrogen) atoms. The average molecular weight is 562 g/mol. The van der Waals surface area contributed by atoms with Gasteiger partial charge in [0.15, 0.2) is 0 Å². The van der Waals surface area contributed by atoms with Crippen LogP contribution in [-0.2, 0) is 12.0 Å². The highest BCUT2D eigenvalue weighted by Crippen LogP contribution is 2.59. The Labute approximate surface area is 252 Å². The lowest BCUT2D eigenvalue weighted by molar-refractivity contribution is 0.0956. The van der Waals surface area contributed by atoms with Crippen LogP contribution in [0.2, 0.25) is 0 Å². The number of fused-ring (bicyclic) bond motifs is 2. The van der Waals surface area contributed by atoms with E-state index in [4.69, 9.17) is 0 Å². The van der Waals surface area contributed by atoms with Crippen molar-refractivity contribution in [2.45, 2.75) is 77.3 Å². The first-order valence-electron chi connectivity index (χ1n) is 16.2. The first-order valence-corrected chi connectivity index (χ1v) is 16.2. The van der Waals surface area contributed by atoms with Crippen molar-refractivity contribution >= 4 is 16.5 Å². The highest BCUT2D eigenvalue weighted by Gasteiger charge is 2.53. The van der Waals surface area contributed by atoms with E-state index in [1.807, 2.05) is 35.8 Å². The van der Waals surface area contributed by atoms with Crippen LogP contribution in [0, 0.1) is 5.92 Å². The van der Waals surface area contributed by atoms with E-state index in [2.05, 4.69) is 84.3 Å². The van der Waals surface area contributed by atoms with Gasteiger partial charge in [-0.05, 0) is 86.6 Å². The van der Waals surface area contributed by atoms with E-state index in [1.54, 1.807) is 0 Å². The molecule has 3 aliphatic rings. The van der Waals surface area contributed by atoms with Crippen LogP contribution in [0.15, 0.2) is 89.8 Å². The van der Waals surface area contributed by atoms with Gasteiger partial charge >= 0.3 is 0 Å². The van der Waals surface area contributed by atoms with Crippen molar-refractivity contribution in [3.05, 3.63) is 112 Å². The summed E-state index contributed by atoms with van der Waals surface area (Å²) in [6.45, 7) is 11.6. The lowest BCUT2D eigenvalue weighted by Gasteiger charge is -2.39. The van der Waals surface area contributed by atoms with Crippen molar-refractivity contribution < 1.29 is 0 Å². The maximum Gasteiger partial charge on any atom is 0.262 e. The van der Waals surface area contributed by atoms with E-state index in [-0.39, 0.29) is 11.6 Å². The van der Waals surface area contributed by atoms with Crippen LogP contribution in [0.4, 0.5) is 0 Å². The van der Waals surface area contributed by atoms with Gasteiger partial charge in [0.2, 0.25) is 0 Å². The predicted molar refractivity (Wildman–Crippen MR) is 177 cm³/mol. The zero-order valence-corrected chi connectivity index (χ0v) is 25.8. The van der Waals surface area contributed by atoms with Gasteiger partial charge in [-0.3, -0.25) is 19.2 Å². The Morgan fingerprint density at radius 3 is 2.60 bits per heavy atom. The van der Waals surface area contributed by atoms with Gasteiger partial charge in [-0.15, -0.1) is 0 Å². The largest absolute Gasteiger partial charge is 0.297 e. The molecule has 3 aromatic rings. The molecule has 0 amide bonds. The fourth-order valence-corrected chi connectivity index (χ4v) is 7.35. The van der Waals surface area contributed by atoms with Crippen LogP contribution in [0.5, 0.6) is 0 Å². The lowest BCUT2D eigenvalue weighted by atomic mass is 9.87. The molecule has 2 heterocycles. The molecule has 2 aromatic carbocycles. The van der Waals surface area contributed by atoms with Gasteiger partial charge in [0.25, 0.3) is 5.56 Å². The topological polar surface area (TPSA) is 28.5 Å². The fourth-order valence-electron chi connectivity index (χ4n) is 7.35. The van der Waals surface area contributed by atoms with E-state index in [0.717, 1.165) is 80.1 Å². The molecule has 2 aliphatic carbocycles. The average Bonchev–Trinajstić information content (AvgIpc) is 3.78. The minimum atomic E-state index is 0.102. The summed E-state index contributed by atoms with van der Waals surface area (Å²) in [6.07, 6.45) is 18.1. The SMILES string of the molecule is C/C=C\C=C(/CCCC)n1c(C(C)N2CCN(Cc3ccc(C45C=CCCC4C5)cc3)CC2)cc2ccccc2c1=O. The van der Waals surface area contributed by atoms with Crippen LogP contribution >= 0.6 is 0 Å². The Morgan fingerprint density at radius 1 is 1.07 bits per heavy atom. The first-order chi connectivity index (χ1) is 20.5. The Morgan fingerprint density at radius 2 is 1.86 bits per heavy atom. The molecule has 0 bridgehead atoms. The highest BCUT2D eigenvalue weighted by atomic mass is 16.1. The number of hydrogen-bond donors (Lipinski definition) is 0. The Hall–Kier alpha value is -3.21. The number of hydrogen-bond acceptors (Lipinski definition) is 3. The second-order valence-electron chi connectivity index (χ2n) is 12.7. The van der Waals surface area contributed by atoms with Crippen LogP contribution < -0.4 is 5.56 Å². The molecule has 220 valence electrons. The van der Waals surface area contributed by atoms with E-state index >= 15 is 0 Å². The van der Waals surface area contributed by atoms with Gasteiger partial charge in [0.05, 0.1) is 0 Å². The van der Waals surface area contributed by atoms with Gasteiger partial charge in [-0.1, -0.05) is 80.1 Å². The van der Waals surface area contributed by atoms with Crippen molar-refractivity contribution in [3.63, 3.8) is 0 Å². The van der Waals surface area contributed by atoms with Crippen LogP contribution in [0.1, 0.15) is 82.2 Å². The van der Waals surface area contributed by atoms with Gasteiger partial charge in [-0.25, -0.2) is 0 Å². The second-order valence-corrected chi connectivity index (χ2v) is 12.7. The third kappa shape index (κ3) is 5.72. The van der Waals surface area contributed by atoms with E-state index in [0.29, 0.717) is 5.41 Å². The predicted octanol–water partition coefficient (Wildman–Crippen LogP) is 8.10. The summed E-state index contributed by atoms with van der Waals surface area (Å²) in [5.74, 6) is 0.865. The van der Waals surface area contributed by atoms with Crippen molar-refractivity contribution in [1.29, 1.82) is 0 Å². The van der Waals surface area contributed by atoms with Crippen molar-refractivity contribution in [3.8, 4) is 0 Å². The van der Waals surface area contributed by atoms with E-state index in [9.17, 15) is 4.79 Å². The van der Waals surface area contributed by atoms with Crippen molar-refractivity contribution in [2.24, 2.45) is 5.92 Å². The number of allylic oxidation sites excluding steroid dienone is 6. The minimum absolute atomic E-state index is 0.102. The molecular weight excluding hydrogens is 514 g/mol. The number of aromatic nitrogens is 1. The standard InChI is InChI=1S/C38H47N3O/c1-4-6-14-34(15-7-5-2)41-36(26-31-12-8-9-16-35(31)37(41)42)29(3)40-24-22-39(23-25-40)28-30-17-19-32(20-18-30)38-21-11-10-13-33(38)27-38/h4,6,8-9,11-12,14,16-21,26,29,33H,5,7,10,13,15,22-25,27-28H2,1-3H3/b6-4-,34-14+. The van der Waals surface area contributed by atoms with E-state index < -0.39 is 0 Å². The molecule has 4 nitrogen and oxygen atoms in total. The third-order valence-corrected chi connectivity index (χ3v) is 10.0. The monoisotopic (exact) mass is 561 g/mol. The second kappa shape index (κ2) is 12.6. The summed E-state index contributed by atoms with van der Waals surface area (Å²) in [5, 5.41) is 1.83. The van der Waals surface area contributed by atoms with Crippen LogP contribution in [0.25, 0.3) is 16.5 Å². The Kier molecular flexibility index (Phi) is 8.65. The number of nitrogens with zero attached hydrogens (tertiary/aromatic N) is 3. The summed E-state index contributed by atoms with van der Waals surface area (Å²) in [4.78, 5) is 19.1. The highest BCUT2D eigenvalue weighted by molar-refractivity contribution is 5.83. The molecule has 1 saturated carbocycles. The van der Waals surface area contributed by atoms with Crippen molar-refractivity contribution in [1.82, 2.24) is 14.4 Å². The van der Waals surface area contributed by atoms with Gasteiger partial charge in [-0.2, -0.15) is 0 Å². The molecular formula is C38H47N3O. The molecule has 0 N–H and O–H groups in total. The molecule has 3 atom stereocenters. The molecule has 1 aromatic heterocycles. The molecule has 2 fully saturated rings. The number of pyridine rings is 1. The Balaban J connectivity index is 1.18. The number of piperazine rings is 1. The zero-order valence-electron chi connectivity index (χ0n) is 25.8. The summed E-state index contributed by atoms with van der Waals surface area (Å²) < 4.78 is 2.03. The maximum atomic E-state index is 14.0. The fraction of sp³-hybridized carbons (Fsp3) is 0.447. The van der Waals surface area contributed by atoms with Gasteiger partial charge < -0.3 is 0 Å². The van der Waals surface area contributed by atoms with Crippen LogP contribution in [0.3, 0.4) is 0 Å². The molecule has 0 spiro atoms. The summed E-state index contributed by atoms with van der Waals surface area (Å²) in [7, 11) is 0. The molecule has 0 radical (unpaired) electrons. The first kappa shape index (κ1) is 28.9. The number of benzene rings is 2. The molecule has 4 heteroatoms. The quantitative estimate of drug-likeness (QED) is 0.185. The van der Waals surface area contributed by atoms with E-state index in [1.165, 1.54) is 30.4 Å². The summed E-state index contributed by atoms with van der Waals surface area (Å²) in [6, 6.07) is 20.0. The molecule has 1 saturated heterocycles. The molecule has 3 unspecified atom stereocenters. The van der Waals surface area contributed by atoms with Crippen molar-refractivity contribution in [2.75, 3.05) is 26.2 Å². The smallest absolute Gasteiger partial charge is 0.262 e. The molecule has 6 rings (SSSR count). The van der Waals surface area contributed by atoms with Gasteiger partial charge in [0, 0.05) is 61.0 Å². The molecule has 1 aliphatic heterocycles. The normalized spacial score (nSPS) is 23.9. The maximum absolute atomic E-state index is 14.0. The third-order valence-electron chi connectivity index (χ3n) is 10.0. The number of unbranched alkanes of at least 4 members (excludes halogenated alkanes) is 1. The van der Waals surface area contributed by atoms with Gasteiger partial charge in [0.1, 0.15) is 0 Å². The Bertz CT molecular complexity index is 1540. The zero-order chi connectivity index (χ0) is 29.1. The summed E-state index contributed by atoms with van der Waals surface area (Å²) >= 11 is 0. The van der Waals surface area contributed by atoms with Crippen LogP contribution in [-0.4, -0.2) is 40.5 Å². The summed E-state index contributed by atoms with van der Waals surface area (Å²) in [5.41, 5.74) is 5.56. The lowest BCUT2D eigenvalue weighted by Crippen LogP contribution is -2.47.